The molecule has 1 amide bonds. The van der Waals surface area contributed by atoms with Crippen molar-refractivity contribution < 1.29 is 22.7 Å². The monoisotopic (exact) mass is 628 g/mol. The number of nitrogens with one attached hydrogen (secondary N) is 1. The van der Waals surface area contributed by atoms with Crippen LogP contribution < -0.4 is 14.4 Å². The molecule has 1 N–H and O–H groups in total. The van der Waals surface area contributed by atoms with E-state index < -0.39 is 21.2 Å². The van der Waals surface area contributed by atoms with E-state index in [0.717, 1.165) is 74.7 Å². The Kier molecular flexibility index (Phi) is 8.75. The van der Waals surface area contributed by atoms with Gasteiger partial charge in [-0.15, -0.1) is 0 Å². The maximum atomic E-state index is 13.4. The number of hydrogen-bond donors (Lipinski definition) is 1. The summed E-state index contributed by atoms with van der Waals surface area (Å²) in [6.45, 7) is 6.58. The van der Waals surface area contributed by atoms with Crippen LogP contribution >= 0.6 is 11.6 Å². The van der Waals surface area contributed by atoms with Gasteiger partial charge in [0, 0.05) is 42.8 Å². The highest BCUT2D eigenvalue weighted by Gasteiger charge is 2.44. The largest absolute Gasteiger partial charge is 0.490 e. The molecule has 2 bridgehead atoms. The van der Waals surface area contributed by atoms with E-state index in [4.69, 9.17) is 21.1 Å². The van der Waals surface area contributed by atoms with Gasteiger partial charge in [0.15, 0.2) is 0 Å². The van der Waals surface area contributed by atoms with Gasteiger partial charge in [-0.3, -0.25) is 4.79 Å². The Morgan fingerprint density at radius 3 is 2.70 bits per heavy atom. The second-order valence-electron chi connectivity index (χ2n) is 13.6. The lowest BCUT2D eigenvalue weighted by atomic mass is 9.65. The zero-order valence-electron chi connectivity index (χ0n) is 25.6. The molecule has 2 heterocycles. The molecule has 1 spiro atoms. The molecule has 4 aliphatic rings. The van der Waals surface area contributed by atoms with Crippen LogP contribution in [0.5, 0.6) is 5.75 Å². The third-order valence-electron chi connectivity index (χ3n) is 11.0. The van der Waals surface area contributed by atoms with Crippen LogP contribution in [0.15, 0.2) is 36.4 Å². The number of halogens is 1. The summed E-state index contributed by atoms with van der Waals surface area (Å²) in [5.41, 5.74) is 3.58. The van der Waals surface area contributed by atoms with Gasteiger partial charge in [-0.2, -0.15) is 0 Å². The standard InChI is InChI=1S/C34H45ClN2O5S/c1-22-6-4-7-27(19-41-3)29-12-9-26(29)18-37-20-34(15-5-8-24-16-28(35)11-13-30(24)34)21-42-32-14-10-25(17-31(32)37)33(38)36-43(39,40)23(22)2/h10-11,13-14,16-17,22-23,26-27,29H,4-9,12,15,18-21H2,1-3H3,(H,36,38)/t22?,23?,26?,27-,29?,34?/m0/s1. The number of sulfonamides is 1. The average Bonchev–Trinajstić information content (AvgIpc) is 3.11. The van der Waals surface area contributed by atoms with E-state index in [1.54, 1.807) is 20.1 Å². The third-order valence-corrected chi connectivity index (χ3v) is 13.1. The number of benzene rings is 2. The number of carbonyl (C=O) groups is 1. The van der Waals surface area contributed by atoms with Crippen molar-refractivity contribution in [3.05, 3.63) is 58.1 Å². The van der Waals surface area contributed by atoms with Gasteiger partial charge < -0.3 is 14.4 Å². The highest BCUT2D eigenvalue weighted by Crippen LogP contribution is 2.48. The van der Waals surface area contributed by atoms with Crippen molar-refractivity contribution in [3.8, 4) is 5.75 Å². The predicted octanol–water partition coefficient (Wildman–Crippen LogP) is 6.37. The van der Waals surface area contributed by atoms with Crippen LogP contribution in [0, 0.1) is 23.7 Å². The summed E-state index contributed by atoms with van der Waals surface area (Å²) >= 11 is 6.42. The Morgan fingerprint density at radius 2 is 1.93 bits per heavy atom. The third kappa shape index (κ3) is 6.04. The quantitative estimate of drug-likeness (QED) is 0.416. The maximum absolute atomic E-state index is 13.4. The lowest BCUT2D eigenvalue weighted by molar-refractivity contribution is 0.0383. The summed E-state index contributed by atoms with van der Waals surface area (Å²) in [5.74, 6) is 1.59. The first kappa shape index (κ1) is 30.7. The second kappa shape index (κ2) is 12.2. The molecule has 0 radical (unpaired) electrons. The minimum Gasteiger partial charge on any atom is -0.490 e. The van der Waals surface area contributed by atoms with Crippen molar-refractivity contribution in [3.63, 3.8) is 0 Å². The number of carbonyl (C=O) groups excluding carboxylic acids is 1. The molecule has 1 saturated carbocycles. The van der Waals surface area contributed by atoms with Crippen molar-refractivity contribution in [2.45, 2.75) is 75.9 Å². The van der Waals surface area contributed by atoms with E-state index in [0.29, 0.717) is 29.9 Å². The first-order valence-corrected chi connectivity index (χ1v) is 17.9. The van der Waals surface area contributed by atoms with Crippen molar-refractivity contribution in [2.75, 3.05) is 38.3 Å². The fourth-order valence-electron chi connectivity index (χ4n) is 8.14. The Balaban J connectivity index is 1.41. The normalized spacial score (nSPS) is 32.4. The molecule has 234 valence electrons. The second-order valence-corrected chi connectivity index (χ2v) is 16.1. The van der Waals surface area contributed by atoms with E-state index in [1.807, 2.05) is 25.1 Å². The Morgan fingerprint density at radius 1 is 1.09 bits per heavy atom. The number of aryl methyl sites for hydroxylation is 1. The molecule has 0 saturated heterocycles. The molecule has 5 unspecified atom stereocenters. The molecule has 6 rings (SSSR count). The molecular formula is C34H45ClN2O5S. The molecule has 1 fully saturated rings. The highest BCUT2D eigenvalue weighted by atomic mass is 35.5. The molecule has 7 nitrogen and oxygen atoms in total. The first-order chi connectivity index (χ1) is 20.6. The van der Waals surface area contributed by atoms with Gasteiger partial charge >= 0.3 is 0 Å². The fourth-order valence-corrected chi connectivity index (χ4v) is 9.64. The van der Waals surface area contributed by atoms with E-state index in [9.17, 15) is 13.2 Å². The summed E-state index contributed by atoms with van der Waals surface area (Å²) in [6, 6.07) is 11.6. The number of ether oxygens (including phenoxy) is 2. The lowest BCUT2D eigenvalue weighted by Gasteiger charge is -2.47. The van der Waals surface area contributed by atoms with Crippen LogP contribution in [-0.2, 0) is 26.6 Å². The molecule has 2 aliphatic carbocycles. The molecule has 2 aromatic rings. The molecule has 43 heavy (non-hydrogen) atoms. The molecular weight excluding hydrogens is 584 g/mol. The predicted molar refractivity (Wildman–Crippen MR) is 171 cm³/mol. The summed E-state index contributed by atoms with van der Waals surface area (Å²) in [4.78, 5) is 15.8. The van der Waals surface area contributed by atoms with E-state index in [1.165, 1.54) is 24.0 Å². The minimum absolute atomic E-state index is 0.0704. The number of nitrogens with zero attached hydrogens (tertiary/aromatic N) is 1. The summed E-state index contributed by atoms with van der Waals surface area (Å²) in [6.07, 6.45) is 8.18. The number of amides is 1. The van der Waals surface area contributed by atoms with Gasteiger partial charge in [0.2, 0.25) is 10.0 Å². The zero-order valence-corrected chi connectivity index (χ0v) is 27.2. The van der Waals surface area contributed by atoms with Crippen molar-refractivity contribution in [1.29, 1.82) is 0 Å². The molecule has 9 heteroatoms. The van der Waals surface area contributed by atoms with Gasteiger partial charge in [0.05, 0.1) is 17.5 Å². The number of rotatable bonds is 2. The minimum atomic E-state index is -3.85. The van der Waals surface area contributed by atoms with E-state index in [-0.39, 0.29) is 11.3 Å². The van der Waals surface area contributed by atoms with Crippen molar-refractivity contribution in [1.82, 2.24) is 4.72 Å². The van der Waals surface area contributed by atoms with Gasteiger partial charge in [-0.05, 0) is 117 Å². The maximum Gasteiger partial charge on any atom is 0.264 e. The van der Waals surface area contributed by atoms with Crippen LogP contribution in [0.1, 0.15) is 80.3 Å². The summed E-state index contributed by atoms with van der Waals surface area (Å²) in [5, 5.41) is 0.0801. The van der Waals surface area contributed by atoms with Crippen LogP contribution in [0.4, 0.5) is 5.69 Å². The first-order valence-electron chi connectivity index (χ1n) is 16.0. The highest BCUT2D eigenvalue weighted by molar-refractivity contribution is 7.90. The number of hydrogen-bond acceptors (Lipinski definition) is 6. The van der Waals surface area contributed by atoms with Crippen LogP contribution in [-0.4, -0.2) is 53.0 Å². The van der Waals surface area contributed by atoms with Gasteiger partial charge in [0.25, 0.3) is 5.91 Å². The molecule has 0 aromatic heterocycles. The fraction of sp³-hybridized carbons (Fsp3) is 0.618. The van der Waals surface area contributed by atoms with Crippen LogP contribution in [0.3, 0.4) is 0 Å². The Bertz CT molecular complexity index is 1460. The summed E-state index contributed by atoms with van der Waals surface area (Å²) < 4.78 is 41.3. The lowest BCUT2D eigenvalue weighted by Crippen LogP contribution is -2.49. The number of fused-ring (bicyclic) bond motifs is 4. The van der Waals surface area contributed by atoms with Gasteiger partial charge in [0.1, 0.15) is 5.75 Å². The van der Waals surface area contributed by atoms with Crippen molar-refractivity contribution in [2.24, 2.45) is 23.7 Å². The molecule has 2 aromatic carbocycles. The number of anilines is 1. The smallest absolute Gasteiger partial charge is 0.264 e. The van der Waals surface area contributed by atoms with Gasteiger partial charge in [-0.25, -0.2) is 13.1 Å². The molecule has 2 aliphatic heterocycles. The molecule has 6 atom stereocenters. The van der Waals surface area contributed by atoms with E-state index >= 15 is 0 Å². The topological polar surface area (TPSA) is 84.9 Å². The van der Waals surface area contributed by atoms with E-state index in [2.05, 4.69) is 21.8 Å². The van der Waals surface area contributed by atoms with Crippen LogP contribution in [0.2, 0.25) is 5.02 Å². The summed E-state index contributed by atoms with van der Waals surface area (Å²) in [7, 11) is -2.06. The van der Waals surface area contributed by atoms with Gasteiger partial charge in [-0.1, -0.05) is 31.0 Å². The Labute approximate surface area is 261 Å². The average molecular weight is 629 g/mol. The Hall–Kier alpha value is -2.29. The van der Waals surface area contributed by atoms with Crippen molar-refractivity contribution >= 4 is 33.2 Å². The zero-order chi connectivity index (χ0) is 30.4. The number of methoxy groups -OCH3 is 1. The van der Waals surface area contributed by atoms with Crippen LogP contribution in [0.25, 0.3) is 0 Å². The SMILES string of the molecule is COC[C@@H]1CCCC(C)C(C)S(=O)(=O)NC(=O)c2ccc3c(c2)N(CC2CCC21)CC1(CCCc2cc(Cl)ccc21)CO3.